The minimum atomic E-state index is -1.47. The zero-order valence-corrected chi connectivity index (χ0v) is 37.1. The molecule has 0 saturated heterocycles. The molecule has 1 heterocycles. The van der Waals surface area contributed by atoms with E-state index < -0.39 is 91.8 Å². The first kappa shape index (κ1) is 55.7. The van der Waals surface area contributed by atoms with Crippen LogP contribution < -0.4 is 43.0 Å². The molecule has 25 heteroatoms. The number of nitrogens with one attached hydrogen (secondary N) is 9. The molecule has 0 spiro atoms. The van der Waals surface area contributed by atoms with Crippen LogP contribution in [0.1, 0.15) is 44.6 Å². The number of aromatic amines is 1. The number of carbonyl (C=O) groups excluding carboxylic acids is 8. The number of aliphatic hydroxyl groups excluding tert-OH is 2. The number of aromatic nitrogens is 1. The summed E-state index contributed by atoms with van der Waals surface area (Å²) in [5.41, 5.74) is 13.9. The maximum Gasteiger partial charge on any atom is 0.245 e. The fraction of sp³-hybridized carbons (Fsp3) is 0.585. The molecular weight excluding hydrogens is 869 g/mol. The van der Waals surface area contributed by atoms with Crippen molar-refractivity contribution < 1.29 is 62.8 Å². The first-order chi connectivity index (χ1) is 31.7. The van der Waals surface area contributed by atoms with Crippen molar-refractivity contribution in [3.8, 4) is 0 Å². The highest BCUT2D eigenvalue weighted by molar-refractivity contribution is 5.95. The number of hydrogen-bond acceptors (Lipinski definition) is 16. The number of fused-ring (bicyclic) bond motifs is 1. The number of aliphatic imine (C=N–C) groups is 1. The number of aliphatic hydroxyl groups is 2. The molecule has 2 rings (SSSR count). The third-order valence-corrected chi connectivity index (χ3v) is 9.20. The number of benzene rings is 1. The van der Waals surface area contributed by atoms with Crippen LogP contribution >= 0.6 is 0 Å². The highest BCUT2D eigenvalue weighted by Gasteiger charge is 2.27. The van der Waals surface area contributed by atoms with E-state index in [-0.39, 0.29) is 44.9 Å². The molecule has 4 unspecified atom stereocenters. The SMILES string of the molecule is CC(O)C(NC(=O)CNC(=O)C(Cc1c[nH]c2ccccc12)NC(=O)CNC(=O)CNC(=O)CCCC=NCC(CCC(=O)NCCOCCOCCOCCO)N=N)C(=O)NCC(N)=O. The Kier molecular flexibility index (Phi) is 28.0. The smallest absolute Gasteiger partial charge is 0.245 e. The standard InChI is InChI=1S/C41H64N12O13/c1-27(55)39(41(63)49-23-33(42)56)52-38(61)26-50-40(62)32(20-28-21-46-31-7-3-2-6-30(28)31)51-37(60)25-48-36(59)24-47-34(57)8-4-5-11-44-22-29(53-43)9-10-35(58)45-12-14-64-16-18-66-19-17-65-15-13-54/h2-3,6-7,11,21,27,29,32,39,43,46,54-55H,4-5,8-10,12-20,22-26H2,1H3,(H2,42,56)(H,45,58)(H,47,57)(H,48,59)(H,49,63)(H,50,62)(H,51,60)(H,52,61). The number of hydrogen-bond donors (Lipinski definition) is 12. The molecule has 66 heavy (non-hydrogen) atoms. The van der Waals surface area contributed by atoms with E-state index in [1.54, 1.807) is 18.5 Å². The van der Waals surface area contributed by atoms with Crippen molar-refractivity contribution in [2.24, 2.45) is 15.8 Å². The molecule has 0 radical (unpaired) electrons. The van der Waals surface area contributed by atoms with Gasteiger partial charge in [0, 0.05) is 42.9 Å². The van der Waals surface area contributed by atoms with Crippen LogP contribution in [0, 0.1) is 5.53 Å². The Morgan fingerprint density at radius 1 is 0.773 bits per heavy atom. The Morgan fingerprint density at radius 2 is 1.39 bits per heavy atom. The lowest BCUT2D eigenvalue weighted by Gasteiger charge is -2.22. The van der Waals surface area contributed by atoms with E-state index in [9.17, 15) is 43.5 Å². The van der Waals surface area contributed by atoms with Gasteiger partial charge in [-0.3, -0.25) is 43.3 Å². The summed E-state index contributed by atoms with van der Waals surface area (Å²) < 4.78 is 15.8. The van der Waals surface area contributed by atoms with Gasteiger partial charge < -0.3 is 72.4 Å². The predicted molar refractivity (Wildman–Crippen MR) is 237 cm³/mol. The lowest BCUT2D eigenvalue weighted by atomic mass is 10.0. The Hall–Kier alpha value is -6.41. The highest BCUT2D eigenvalue weighted by atomic mass is 16.5. The molecule has 0 aliphatic rings. The molecule has 366 valence electrons. The van der Waals surface area contributed by atoms with Crippen LogP contribution in [0.3, 0.4) is 0 Å². The number of para-hydroxylation sites is 1. The molecule has 0 aliphatic carbocycles. The first-order valence-corrected chi connectivity index (χ1v) is 21.4. The van der Waals surface area contributed by atoms with E-state index in [1.165, 1.54) is 6.92 Å². The zero-order chi connectivity index (χ0) is 48.5. The molecule has 0 aliphatic heterocycles. The van der Waals surface area contributed by atoms with Crippen molar-refractivity contribution in [2.75, 3.05) is 85.5 Å². The van der Waals surface area contributed by atoms with Crippen LogP contribution in [0.15, 0.2) is 40.6 Å². The number of primary amides is 1. The van der Waals surface area contributed by atoms with Crippen LogP contribution in [-0.2, 0) is 59.0 Å². The van der Waals surface area contributed by atoms with Crippen molar-refractivity contribution in [2.45, 2.75) is 69.7 Å². The third kappa shape index (κ3) is 24.6. The monoisotopic (exact) mass is 932 g/mol. The number of nitrogens with zero attached hydrogens (tertiary/aromatic N) is 2. The van der Waals surface area contributed by atoms with Gasteiger partial charge in [-0.15, -0.1) is 0 Å². The van der Waals surface area contributed by atoms with Crippen molar-refractivity contribution >= 4 is 64.4 Å². The van der Waals surface area contributed by atoms with Crippen molar-refractivity contribution in [1.29, 1.82) is 5.53 Å². The molecule has 8 amide bonds. The summed E-state index contributed by atoms with van der Waals surface area (Å²) in [5.74, 6) is -5.40. The molecule has 0 bridgehead atoms. The van der Waals surface area contributed by atoms with Crippen LogP contribution in [0.5, 0.6) is 0 Å². The molecular formula is C41H64N12O13. The van der Waals surface area contributed by atoms with Gasteiger partial charge in [0.15, 0.2) is 0 Å². The Balaban J connectivity index is 1.71. The third-order valence-electron chi connectivity index (χ3n) is 9.20. The van der Waals surface area contributed by atoms with Crippen LogP contribution in [0.4, 0.5) is 0 Å². The second kappa shape index (κ2) is 33.1. The summed E-state index contributed by atoms with van der Waals surface area (Å²) in [5, 5.41) is 39.9. The minimum absolute atomic E-state index is 0.0239. The molecule has 13 N–H and O–H groups in total. The molecule has 0 saturated carbocycles. The topological polar surface area (TPSA) is 379 Å². The van der Waals surface area contributed by atoms with Crippen LogP contribution in [0.2, 0.25) is 0 Å². The maximum atomic E-state index is 13.3. The highest BCUT2D eigenvalue weighted by Crippen LogP contribution is 2.19. The van der Waals surface area contributed by atoms with Gasteiger partial charge in [-0.2, -0.15) is 5.11 Å². The predicted octanol–water partition coefficient (Wildman–Crippen LogP) is -3.41. The van der Waals surface area contributed by atoms with E-state index in [4.69, 9.17) is 30.6 Å². The summed E-state index contributed by atoms with van der Waals surface area (Å²) in [6, 6.07) is 4.06. The summed E-state index contributed by atoms with van der Waals surface area (Å²) >= 11 is 0. The Bertz CT molecular complexity index is 1890. The van der Waals surface area contributed by atoms with Gasteiger partial charge in [0.1, 0.15) is 12.1 Å². The summed E-state index contributed by atoms with van der Waals surface area (Å²) in [6.45, 7) is 1.65. The molecule has 0 fully saturated rings. The largest absolute Gasteiger partial charge is 0.394 e. The second-order valence-electron chi connectivity index (χ2n) is 14.6. The molecule has 1 aromatic carbocycles. The second-order valence-corrected chi connectivity index (χ2v) is 14.6. The number of carbonyl (C=O) groups is 8. The number of unbranched alkanes of at least 4 members (excludes halogenated alkanes) is 1. The average Bonchev–Trinajstić information content (AvgIpc) is 3.71. The van der Waals surface area contributed by atoms with Gasteiger partial charge in [0.2, 0.25) is 47.3 Å². The lowest BCUT2D eigenvalue weighted by molar-refractivity contribution is -0.133. The number of ether oxygens (including phenoxy) is 3. The molecule has 1 aromatic heterocycles. The summed E-state index contributed by atoms with van der Waals surface area (Å²) in [4.78, 5) is 107. The minimum Gasteiger partial charge on any atom is -0.394 e. The Labute approximate surface area is 381 Å². The van der Waals surface area contributed by atoms with Gasteiger partial charge >= 0.3 is 0 Å². The number of H-pyrrole nitrogens is 1. The first-order valence-electron chi connectivity index (χ1n) is 21.4. The zero-order valence-electron chi connectivity index (χ0n) is 37.1. The van der Waals surface area contributed by atoms with E-state index in [2.05, 4.69) is 52.3 Å². The molecule has 2 aromatic rings. The maximum absolute atomic E-state index is 13.3. The number of nitrogens with two attached hydrogens (primary N) is 1. The fourth-order valence-corrected chi connectivity index (χ4v) is 5.78. The molecule has 25 nitrogen and oxygen atoms in total. The normalized spacial score (nSPS) is 12.9. The van der Waals surface area contributed by atoms with E-state index in [1.807, 2.05) is 18.2 Å². The van der Waals surface area contributed by atoms with E-state index >= 15 is 0 Å². The molecule has 4 atom stereocenters. The van der Waals surface area contributed by atoms with Gasteiger partial charge in [-0.1, -0.05) is 18.2 Å². The summed E-state index contributed by atoms with van der Waals surface area (Å²) in [7, 11) is 0. The average molecular weight is 933 g/mol. The van der Waals surface area contributed by atoms with Crippen molar-refractivity contribution in [3.05, 3.63) is 36.0 Å². The quantitative estimate of drug-likeness (QED) is 0.0180. The van der Waals surface area contributed by atoms with Gasteiger partial charge in [0.05, 0.1) is 91.1 Å². The van der Waals surface area contributed by atoms with Crippen LogP contribution in [-0.4, -0.2) is 178 Å². The fourth-order valence-electron chi connectivity index (χ4n) is 5.78. The van der Waals surface area contributed by atoms with Crippen molar-refractivity contribution in [3.63, 3.8) is 0 Å². The number of rotatable bonds is 36. The lowest BCUT2D eigenvalue weighted by Crippen LogP contribution is -2.56. The van der Waals surface area contributed by atoms with E-state index in [0.717, 1.165) is 10.9 Å². The Morgan fingerprint density at radius 3 is 2.09 bits per heavy atom. The van der Waals surface area contributed by atoms with Crippen LogP contribution in [0.25, 0.3) is 10.9 Å². The van der Waals surface area contributed by atoms with Crippen molar-refractivity contribution in [1.82, 2.24) is 42.2 Å². The van der Waals surface area contributed by atoms with Gasteiger partial charge in [-0.05, 0) is 44.0 Å². The van der Waals surface area contributed by atoms with Gasteiger partial charge in [0.25, 0.3) is 0 Å². The summed E-state index contributed by atoms with van der Waals surface area (Å²) in [6.07, 6.45) is 3.28. The van der Waals surface area contributed by atoms with Gasteiger partial charge in [-0.25, -0.2) is 5.53 Å². The van der Waals surface area contributed by atoms with E-state index in [0.29, 0.717) is 64.4 Å². The number of amides is 8.